The van der Waals surface area contributed by atoms with Crippen LogP contribution in [0.2, 0.25) is 0 Å². The fourth-order valence-electron chi connectivity index (χ4n) is 4.90. The summed E-state index contributed by atoms with van der Waals surface area (Å²) >= 11 is 0. The molecule has 2 heterocycles. The fraction of sp³-hybridized carbons (Fsp3) is 0.478. The molecule has 0 saturated carbocycles. The second kappa shape index (κ2) is 7.05. The van der Waals surface area contributed by atoms with Gasteiger partial charge in [0.15, 0.2) is 0 Å². The van der Waals surface area contributed by atoms with Crippen LogP contribution >= 0.6 is 0 Å². The Labute approximate surface area is 157 Å². The Balaban J connectivity index is 1.46. The highest BCUT2D eigenvalue weighted by Gasteiger charge is 2.44. The number of nitrogens with zero attached hydrogens (tertiary/aromatic N) is 1. The van der Waals surface area contributed by atoms with Crippen molar-refractivity contribution in [1.82, 2.24) is 10.2 Å². The van der Waals surface area contributed by atoms with Crippen LogP contribution in [-0.4, -0.2) is 41.7 Å². The molecule has 0 bridgehead atoms. The second-order valence-corrected chi connectivity index (χ2v) is 8.48. The molecule has 138 valence electrons. The zero-order valence-corrected chi connectivity index (χ0v) is 15.9. The first-order chi connectivity index (χ1) is 12.5. The third kappa shape index (κ3) is 3.38. The summed E-state index contributed by atoms with van der Waals surface area (Å²) in [5.74, 6) is 0.944. The van der Waals surface area contributed by atoms with Crippen molar-refractivity contribution in [3.8, 4) is 5.75 Å². The number of phenolic OH excluding ortho intramolecular Hbond substituents is 1. The van der Waals surface area contributed by atoms with E-state index in [0.717, 1.165) is 32.5 Å². The SMILES string of the molecule is C[C@H]1CN2C[C@H](Cc3ccccc3)NC[C@H]2CC1(C)c1cccc(O)c1. The van der Waals surface area contributed by atoms with Gasteiger partial charge in [-0.05, 0) is 47.4 Å². The van der Waals surface area contributed by atoms with Gasteiger partial charge in [-0.25, -0.2) is 0 Å². The van der Waals surface area contributed by atoms with Crippen LogP contribution in [0.15, 0.2) is 54.6 Å². The Morgan fingerprint density at radius 3 is 2.69 bits per heavy atom. The highest BCUT2D eigenvalue weighted by Crippen LogP contribution is 2.43. The van der Waals surface area contributed by atoms with E-state index >= 15 is 0 Å². The molecule has 2 aliphatic rings. The number of rotatable bonds is 3. The number of hydrogen-bond acceptors (Lipinski definition) is 3. The molecule has 3 nitrogen and oxygen atoms in total. The van der Waals surface area contributed by atoms with Gasteiger partial charge in [0.1, 0.15) is 5.75 Å². The number of hydrogen-bond donors (Lipinski definition) is 2. The molecule has 1 unspecified atom stereocenters. The van der Waals surface area contributed by atoms with Crippen LogP contribution in [0.3, 0.4) is 0 Å². The molecule has 0 amide bonds. The van der Waals surface area contributed by atoms with Crippen LogP contribution in [0.1, 0.15) is 31.4 Å². The van der Waals surface area contributed by atoms with E-state index in [2.05, 4.69) is 60.5 Å². The molecular weight excluding hydrogens is 320 g/mol. The highest BCUT2D eigenvalue weighted by molar-refractivity contribution is 5.34. The first-order valence-electron chi connectivity index (χ1n) is 9.85. The van der Waals surface area contributed by atoms with Gasteiger partial charge in [-0.1, -0.05) is 56.3 Å². The van der Waals surface area contributed by atoms with Gasteiger partial charge in [-0.2, -0.15) is 0 Å². The van der Waals surface area contributed by atoms with Gasteiger partial charge >= 0.3 is 0 Å². The smallest absolute Gasteiger partial charge is 0.115 e. The van der Waals surface area contributed by atoms with Gasteiger partial charge in [0, 0.05) is 31.7 Å². The van der Waals surface area contributed by atoms with Gasteiger partial charge in [-0.15, -0.1) is 0 Å². The van der Waals surface area contributed by atoms with Crippen molar-refractivity contribution in [3.63, 3.8) is 0 Å². The monoisotopic (exact) mass is 350 g/mol. The summed E-state index contributed by atoms with van der Waals surface area (Å²) in [6.07, 6.45) is 2.24. The van der Waals surface area contributed by atoms with Crippen molar-refractivity contribution < 1.29 is 5.11 Å². The minimum atomic E-state index is 0.119. The summed E-state index contributed by atoms with van der Waals surface area (Å²) in [6.45, 7) is 8.05. The normalized spacial score (nSPS) is 32.2. The van der Waals surface area contributed by atoms with Crippen LogP contribution < -0.4 is 5.32 Å². The summed E-state index contributed by atoms with van der Waals surface area (Å²) in [7, 11) is 0. The van der Waals surface area contributed by atoms with Crippen LogP contribution in [0.25, 0.3) is 0 Å². The predicted octanol–water partition coefficient (Wildman–Crippen LogP) is 3.57. The lowest BCUT2D eigenvalue weighted by Crippen LogP contribution is -2.63. The van der Waals surface area contributed by atoms with Crippen molar-refractivity contribution in [3.05, 3.63) is 65.7 Å². The highest BCUT2D eigenvalue weighted by atomic mass is 16.3. The maximum absolute atomic E-state index is 9.93. The lowest BCUT2D eigenvalue weighted by molar-refractivity contribution is 0.0245. The number of benzene rings is 2. The average molecular weight is 351 g/mol. The van der Waals surface area contributed by atoms with Crippen molar-refractivity contribution in [2.45, 2.75) is 44.2 Å². The van der Waals surface area contributed by atoms with Crippen molar-refractivity contribution >= 4 is 0 Å². The van der Waals surface area contributed by atoms with Gasteiger partial charge in [0.25, 0.3) is 0 Å². The van der Waals surface area contributed by atoms with E-state index in [-0.39, 0.29) is 5.41 Å². The lowest BCUT2D eigenvalue weighted by atomic mass is 9.65. The van der Waals surface area contributed by atoms with E-state index < -0.39 is 0 Å². The molecule has 2 aliphatic heterocycles. The van der Waals surface area contributed by atoms with E-state index in [9.17, 15) is 5.11 Å². The number of nitrogens with one attached hydrogen (secondary N) is 1. The van der Waals surface area contributed by atoms with Crippen LogP contribution in [0, 0.1) is 5.92 Å². The average Bonchev–Trinajstić information content (AvgIpc) is 2.64. The van der Waals surface area contributed by atoms with Gasteiger partial charge in [0.2, 0.25) is 0 Å². The van der Waals surface area contributed by atoms with Crippen molar-refractivity contribution in [2.75, 3.05) is 19.6 Å². The third-order valence-corrected chi connectivity index (χ3v) is 6.70. The summed E-state index contributed by atoms with van der Waals surface area (Å²) in [4.78, 5) is 2.69. The second-order valence-electron chi connectivity index (χ2n) is 8.48. The van der Waals surface area contributed by atoms with Gasteiger partial charge in [-0.3, -0.25) is 4.90 Å². The Hall–Kier alpha value is -1.84. The molecule has 0 spiro atoms. The minimum Gasteiger partial charge on any atom is -0.508 e. The number of piperidine rings is 1. The largest absolute Gasteiger partial charge is 0.508 e. The summed E-state index contributed by atoms with van der Waals surface area (Å²) in [5.41, 5.74) is 2.81. The molecule has 4 atom stereocenters. The van der Waals surface area contributed by atoms with E-state index in [4.69, 9.17) is 0 Å². The van der Waals surface area contributed by atoms with Crippen LogP contribution in [0.5, 0.6) is 5.75 Å². The number of aromatic hydroxyl groups is 1. The molecule has 2 N–H and O–H groups in total. The van der Waals surface area contributed by atoms with Crippen LogP contribution in [0.4, 0.5) is 0 Å². The zero-order valence-electron chi connectivity index (χ0n) is 15.9. The maximum Gasteiger partial charge on any atom is 0.115 e. The maximum atomic E-state index is 9.93. The Bertz CT molecular complexity index is 747. The fourth-order valence-corrected chi connectivity index (χ4v) is 4.90. The summed E-state index contributed by atoms with van der Waals surface area (Å²) in [5, 5.41) is 13.7. The lowest BCUT2D eigenvalue weighted by Gasteiger charge is -2.53. The number of phenols is 1. The minimum absolute atomic E-state index is 0.119. The number of piperazine rings is 1. The van der Waals surface area contributed by atoms with Crippen molar-refractivity contribution in [1.29, 1.82) is 0 Å². The first-order valence-corrected chi connectivity index (χ1v) is 9.85. The molecule has 26 heavy (non-hydrogen) atoms. The quantitative estimate of drug-likeness (QED) is 0.888. The van der Waals surface area contributed by atoms with E-state index in [1.54, 1.807) is 6.07 Å². The topological polar surface area (TPSA) is 35.5 Å². The third-order valence-electron chi connectivity index (χ3n) is 6.70. The molecule has 4 rings (SSSR count). The van der Waals surface area contributed by atoms with Crippen molar-refractivity contribution in [2.24, 2.45) is 5.92 Å². The number of fused-ring (bicyclic) bond motifs is 1. The van der Waals surface area contributed by atoms with Gasteiger partial charge in [0.05, 0.1) is 0 Å². The zero-order chi connectivity index (χ0) is 18.1. The molecule has 0 radical (unpaired) electrons. The standard InChI is InChI=1S/C23H30N2O/c1-17-15-25-16-20(11-18-7-4-3-5-8-18)24-14-21(25)13-23(17,2)19-9-6-10-22(26)12-19/h3-10,12,17,20-21,24,26H,11,13-16H2,1-2H3/t17-,20-,21+,23?/m0/s1. The molecule has 2 aromatic carbocycles. The molecule has 2 aromatic rings. The van der Waals surface area contributed by atoms with E-state index in [0.29, 0.717) is 23.8 Å². The first kappa shape index (κ1) is 17.6. The van der Waals surface area contributed by atoms with E-state index in [1.165, 1.54) is 11.1 Å². The molecule has 3 heteroatoms. The molecule has 0 aliphatic carbocycles. The van der Waals surface area contributed by atoms with Crippen LogP contribution in [-0.2, 0) is 11.8 Å². The summed E-state index contributed by atoms with van der Waals surface area (Å²) in [6, 6.07) is 19.8. The molecular formula is C23H30N2O. The Kier molecular flexibility index (Phi) is 4.76. The molecule has 2 saturated heterocycles. The van der Waals surface area contributed by atoms with Gasteiger partial charge < -0.3 is 10.4 Å². The predicted molar refractivity (Wildman–Crippen MR) is 107 cm³/mol. The van der Waals surface area contributed by atoms with E-state index in [1.807, 2.05) is 12.1 Å². The molecule has 0 aromatic heterocycles. The molecule has 2 fully saturated rings. The Morgan fingerprint density at radius 1 is 1.12 bits per heavy atom. The Morgan fingerprint density at radius 2 is 1.92 bits per heavy atom. The summed E-state index contributed by atoms with van der Waals surface area (Å²) < 4.78 is 0.